The number of oxazole rings is 1. The van der Waals surface area contributed by atoms with Crippen molar-refractivity contribution in [3.8, 4) is 0 Å². The van der Waals surface area contributed by atoms with Crippen molar-refractivity contribution in [2.75, 3.05) is 17.6 Å². The van der Waals surface area contributed by atoms with Crippen LogP contribution in [-0.4, -0.2) is 71.4 Å². The molecule has 0 radical (unpaired) electrons. The summed E-state index contributed by atoms with van der Waals surface area (Å²) in [6, 6.07) is 0.166. The summed E-state index contributed by atoms with van der Waals surface area (Å²) in [7, 11) is -2.58. The fourth-order valence-corrected chi connectivity index (χ4v) is 3.52. The Kier molecular flexibility index (Phi) is 9.42. The van der Waals surface area contributed by atoms with Gasteiger partial charge in [0, 0.05) is 13.1 Å². The number of halogens is 2. The van der Waals surface area contributed by atoms with Crippen molar-refractivity contribution < 1.29 is 41.7 Å². The molecule has 14 heteroatoms. The van der Waals surface area contributed by atoms with Crippen molar-refractivity contribution in [1.29, 1.82) is 0 Å². The SMILES string of the molecule is CC(S)CCC(O)C(O)C(NC(=O)c1coc(N(C)S(C)(=O)=O)n1)C(O)c1cc(F)cc(F)c1. The molecule has 0 aliphatic heterocycles. The van der Waals surface area contributed by atoms with Crippen LogP contribution in [0, 0.1) is 11.6 Å². The molecule has 0 fully saturated rings. The highest BCUT2D eigenvalue weighted by Crippen LogP contribution is 2.25. The van der Waals surface area contributed by atoms with Crippen LogP contribution in [0.3, 0.4) is 0 Å². The number of nitrogens with zero attached hydrogens (tertiary/aromatic N) is 2. The maximum absolute atomic E-state index is 13.7. The minimum absolute atomic E-state index is 0.0513. The highest BCUT2D eigenvalue weighted by atomic mass is 32.2. The predicted molar refractivity (Wildman–Crippen MR) is 122 cm³/mol. The maximum atomic E-state index is 13.7. The fourth-order valence-electron chi connectivity index (χ4n) is 3.01. The number of thiol groups is 1. The second-order valence-corrected chi connectivity index (χ2v) is 10.8. The fraction of sp³-hybridized carbons (Fsp3) is 0.500. The van der Waals surface area contributed by atoms with E-state index in [2.05, 4.69) is 22.9 Å². The summed E-state index contributed by atoms with van der Waals surface area (Å²) in [5, 5.41) is 34.0. The van der Waals surface area contributed by atoms with Crippen LogP contribution in [0.4, 0.5) is 14.8 Å². The number of anilines is 1. The molecule has 0 bridgehead atoms. The lowest BCUT2D eigenvalue weighted by Crippen LogP contribution is -2.52. The van der Waals surface area contributed by atoms with Crippen molar-refractivity contribution in [3.63, 3.8) is 0 Å². The Morgan fingerprint density at radius 1 is 1.21 bits per heavy atom. The van der Waals surface area contributed by atoms with Crippen LogP contribution < -0.4 is 9.62 Å². The van der Waals surface area contributed by atoms with E-state index in [9.17, 15) is 37.3 Å². The summed E-state index contributed by atoms with van der Waals surface area (Å²) in [6.07, 6.45) is -2.85. The lowest BCUT2D eigenvalue weighted by molar-refractivity contribution is -0.0406. The van der Waals surface area contributed by atoms with Crippen LogP contribution in [0.5, 0.6) is 0 Å². The number of carbonyl (C=O) groups is 1. The van der Waals surface area contributed by atoms with Gasteiger partial charge in [0.1, 0.15) is 30.1 Å². The van der Waals surface area contributed by atoms with Gasteiger partial charge in [0.05, 0.1) is 18.4 Å². The van der Waals surface area contributed by atoms with Crippen molar-refractivity contribution in [3.05, 3.63) is 47.4 Å². The van der Waals surface area contributed by atoms with E-state index in [1.54, 1.807) is 6.92 Å². The van der Waals surface area contributed by atoms with E-state index < -0.39 is 63.6 Å². The van der Waals surface area contributed by atoms with Crippen LogP contribution in [0.25, 0.3) is 0 Å². The lowest BCUT2D eigenvalue weighted by atomic mass is 9.92. The van der Waals surface area contributed by atoms with Gasteiger partial charge < -0.3 is 25.1 Å². The molecule has 5 atom stereocenters. The molecular weight excluding hydrogens is 496 g/mol. The molecule has 1 aromatic heterocycles. The number of nitrogens with one attached hydrogen (secondary N) is 1. The van der Waals surface area contributed by atoms with Gasteiger partial charge in [-0.2, -0.15) is 17.6 Å². The highest BCUT2D eigenvalue weighted by Gasteiger charge is 2.35. The minimum atomic E-state index is -3.73. The number of carbonyl (C=O) groups excluding carboxylic acids is 1. The zero-order valence-corrected chi connectivity index (χ0v) is 20.3. The Balaban J connectivity index is 2.33. The molecule has 0 aliphatic carbocycles. The van der Waals surface area contributed by atoms with Crippen molar-refractivity contribution in [1.82, 2.24) is 10.3 Å². The number of aromatic nitrogens is 1. The minimum Gasteiger partial charge on any atom is -0.430 e. The molecule has 10 nitrogen and oxygen atoms in total. The summed E-state index contributed by atoms with van der Waals surface area (Å²) in [5.74, 6) is -3.00. The van der Waals surface area contributed by atoms with Gasteiger partial charge in [0.25, 0.3) is 5.91 Å². The lowest BCUT2D eigenvalue weighted by Gasteiger charge is -2.31. The van der Waals surface area contributed by atoms with Crippen LogP contribution in [0.2, 0.25) is 0 Å². The van der Waals surface area contributed by atoms with E-state index in [1.807, 2.05) is 0 Å². The Morgan fingerprint density at radius 2 is 1.79 bits per heavy atom. The average Bonchev–Trinajstić information content (AvgIpc) is 3.23. The zero-order chi connectivity index (χ0) is 25.8. The number of sulfonamides is 1. The summed E-state index contributed by atoms with van der Waals surface area (Å²) in [5.41, 5.74) is -0.701. The molecule has 4 N–H and O–H groups in total. The number of aliphatic hydroxyl groups excluding tert-OH is 3. The highest BCUT2D eigenvalue weighted by molar-refractivity contribution is 7.92. The Morgan fingerprint density at radius 3 is 2.32 bits per heavy atom. The third-order valence-electron chi connectivity index (χ3n) is 5.00. The summed E-state index contributed by atoms with van der Waals surface area (Å²) in [4.78, 5) is 16.5. The molecular formula is C20H27F2N3O7S2. The molecule has 190 valence electrons. The van der Waals surface area contributed by atoms with Crippen LogP contribution in [0.1, 0.15) is 41.9 Å². The quantitative estimate of drug-likeness (QED) is 0.274. The number of hydrogen-bond donors (Lipinski definition) is 5. The molecule has 0 spiro atoms. The number of rotatable bonds is 11. The second kappa shape index (κ2) is 11.4. The standard InChI is InChI=1S/C20H27F2N3O7S2/c1-10(33)4-5-15(26)18(28)16(17(27)11-6-12(21)8-13(22)7-11)24-19(29)14-9-32-20(23-14)25(2)34(3,30)31/h6-10,15-18,26-28,33H,4-5H2,1-3H3,(H,24,29). The number of aliphatic hydroxyl groups is 3. The summed E-state index contributed by atoms with van der Waals surface area (Å²) >= 11 is 4.19. The van der Waals surface area contributed by atoms with Gasteiger partial charge in [0.15, 0.2) is 5.69 Å². The summed E-state index contributed by atoms with van der Waals surface area (Å²) < 4.78 is 56.3. The second-order valence-electron chi connectivity index (χ2n) is 7.88. The topological polar surface area (TPSA) is 153 Å². The molecule has 1 heterocycles. The van der Waals surface area contributed by atoms with E-state index >= 15 is 0 Å². The molecule has 0 aliphatic rings. The third kappa shape index (κ3) is 7.37. The first-order valence-corrected chi connectivity index (χ1v) is 12.5. The molecule has 5 unspecified atom stereocenters. The Hall–Kier alpha value is -2.26. The number of hydrogen-bond acceptors (Lipinski definition) is 9. The molecule has 2 aromatic rings. The maximum Gasteiger partial charge on any atom is 0.311 e. The van der Waals surface area contributed by atoms with Gasteiger partial charge >= 0.3 is 6.01 Å². The smallest absolute Gasteiger partial charge is 0.311 e. The van der Waals surface area contributed by atoms with E-state index in [4.69, 9.17) is 4.42 Å². The van der Waals surface area contributed by atoms with E-state index in [1.165, 1.54) is 0 Å². The molecule has 2 rings (SSSR count). The Bertz CT molecular complexity index is 1080. The number of benzene rings is 1. The van der Waals surface area contributed by atoms with Crippen molar-refractivity contribution in [2.24, 2.45) is 0 Å². The first-order chi connectivity index (χ1) is 15.7. The van der Waals surface area contributed by atoms with Crippen LogP contribution in [0.15, 0.2) is 28.9 Å². The number of amides is 1. The molecule has 1 aromatic carbocycles. The predicted octanol–water partition coefficient (Wildman–Crippen LogP) is 1.00. The zero-order valence-electron chi connectivity index (χ0n) is 18.6. The van der Waals surface area contributed by atoms with Crippen molar-refractivity contribution in [2.45, 2.75) is 49.4 Å². The first kappa shape index (κ1) is 28.0. The van der Waals surface area contributed by atoms with Gasteiger partial charge in [-0.15, -0.1) is 0 Å². The molecule has 1 amide bonds. The largest absolute Gasteiger partial charge is 0.430 e. The van der Waals surface area contributed by atoms with Gasteiger partial charge in [0.2, 0.25) is 10.0 Å². The summed E-state index contributed by atoms with van der Waals surface area (Å²) in [6.45, 7) is 1.77. The normalized spacial score (nSPS) is 16.4. The van der Waals surface area contributed by atoms with E-state index in [-0.39, 0.29) is 17.2 Å². The molecule has 0 saturated heterocycles. The average molecular weight is 524 g/mol. The van der Waals surface area contributed by atoms with E-state index in [0.29, 0.717) is 16.8 Å². The van der Waals surface area contributed by atoms with Gasteiger partial charge in [-0.05, 0) is 35.8 Å². The Labute approximate surface area is 201 Å². The molecule has 0 saturated carbocycles. The van der Waals surface area contributed by atoms with Crippen LogP contribution >= 0.6 is 12.6 Å². The first-order valence-electron chi connectivity index (χ1n) is 10.1. The van der Waals surface area contributed by atoms with Gasteiger partial charge in [-0.25, -0.2) is 21.5 Å². The van der Waals surface area contributed by atoms with Crippen LogP contribution in [-0.2, 0) is 10.0 Å². The monoisotopic (exact) mass is 523 g/mol. The van der Waals surface area contributed by atoms with Gasteiger partial charge in [-0.1, -0.05) is 6.92 Å². The van der Waals surface area contributed by atoms with Gasteiger partial charge in [-0.3, -0.25) is 4.79 Å². The van der Waals surface area contributed by atoms with Crippen molar-refractivity contribution >= 4 is 34.6 Å². The van der Waals surface area contributed by atoms with E-state index in [0.717, 1.165) is 31.7 Å². The third-order valence-corrected chi connectivity index (χ3v) is 6.41. The molecule has 34 heavy (non-hydrogen) atoms.